The van der Waals surface area contributed by atoms with Crippen molar-refractivity contribution in [3.63, 3.8) is 0 Å². The number of nitrogens with one attached hydrogen (secondary N) is 1. The molecule has 16 heteroatoms. The molecule has 3 aliphatic heterocycles. The summed E-state index contributed by atoms with van der Waals surface area (Å²) in [6, 6.07) is 6.00. The van der Waals surface area contributed by atoms with E-state index < -0.39 is 34.4 Å². The fourth-order valence-electron chi connectivity index (χ4n) is 4.69. The number of likely N-dealkylation sites (tertiary alicyclic amines) is 1. The van der Waals surface area contributed by atoms with Crippen LogP contribution in [0.2, 0.25) is 0 Å². The molecule has 0 aliphatic carbocycles. The van der Waals surface area contributed by atoms with Gasteiger partial charge in [-0.25, -0.2) is 4.79 Å². The summed E-state index contributed by atoms with van der Waals surface area (Å²) in [5.41, 5.74) is 1.01. The molecule has 0 bridgehead atoms. The van der Waals surface area contributed by atoms with Crippen LogP contribution < -0.4 is 5.32 Å². The van der Waals surface area contributed by atoms with Crippen molar-refractivity contribution in [2.45, 2.75) is 34.4 Å². The molecule has 0 aromatic heterocycles. The molecular formula is C27H33N4O9S3+. The molecule has 232 valence electrons. The number of carbonyl (C=O) groups excluding carboxylic acids is 4. The topological polar surface area (TPSA) is 163 Å². The van der Waals surface area contributed by atoms with Gasteiger partial charge in [0.2, 0.25) is 17.7 Å². The molecule has 3 atom stereocenters. The number of aliphatic carboxylic acids is 1. The number of methoxy groups -OCH3 is 1. The molecule has 4 amide bonds. The highest BCUT2D eigenvalue weighted by atomic mass is 32.2. The number of rotatable bonds is 16. The molecule has 2 saturated heterocycles. The number of hydrogen-bond donors (Lipinski definition) is 2. The molecule has 13 nitrogen and oxygen atoms in total. The summed E-state index contributed by atoms with van der Waals surface area (Å²) in [6.07, 6.45) is -0.105. The quantitative estimate of drug-likeness (QED) is 0.0870. The summed E-state index contributed by atoms with van der Waals surface area (Å²) in [6.45, 7) is 1.25. The van der Waals surface area contributed by atoms with Gasteiger partial charge in [-0.15, -0.1) is 35.3 Å². The van der Waals surface area contributed by atoms with Gasteiger partial charge >= 0.3 is 5.97 Å². The number of fused-ring (bicyclic) bond motifs is 1. The van der Waals surface area contributed by atoms with Gasteiger partial charge in [-0.1, -0.05) is 0 Å². The Bertz CT molecular complexity index is 1310. The molecule has 3 unspecified atom stereocenters. The van der Waals surface area contributed by atoms with Crippen LogP contribution in [-0.2, 0) is 33.4 Å². The minimum atomic E-state index is -1.22. The number of nitroso groups, excluding NO2 is 1. The highest BCUT2D eigenvalue weighted by molar-refractivity contribution is 8.01. The summed E-state index contributed by atoms with van der Waals surface area (Å²) in [4.78, 5) is 77.5. The Morgan fingerprint density at radius 3 is 2.56 bits per heavy atom. The molecular weight excluding hydrogens is 621 g/mol. The van der Waals surface area contributed by atoms with Crippen LogP contribution in [-0.4, -0.2) is 124 Å². The molecule has 1 aromatic rings. The number of carbonyl (C=O) groups is 5. The van der Waals surface area contributed by atoms with Crippen molar-refractivity contribution in [3.8, 4) is 0 Å². The van der Waals surface area contributed by atoms with Crippen LogP contribution >= 0.6 is 35.3 Å². The van der Waals surface area contributed by atoms with E-state index in [1.165, 1.54) is 47.2 Å². The number of carboxylic acids is 1. The second-order valence-electron chi connectivity index (χ2n) is 9.79. The lowest BCUT2D eigenvalue weighted by Gasteiger charge is -2.49. The molecule has 3 heterocycles. The SMILES string of the molecule is COCCOCCSC1CC(=O)N(CCC(=O)NC2C(=O)N3C(C(=O)O)=C(CSc4ccc([N+](C)=O)cc4)CSC23)C1=O. The van der Waals surface area contributed by atoms with Crippen LogP contribution in [0, 0.1) is 4.91 Å². The molecule has 43 heavy (non-hydrogen) atoms. The first kappa shape index (κ1) is 33.0. The maximum atomic E-state index is 13.0. The van der Waals surface area contributed by atoms with Gasteiger partial charge in [0.1, 0.15) is 17.1 Å². The Kier molecular flexibility index (Phi) is 11.7. The molecule has 2 fully saturated rings. The molecule has 0 radical (unpaired) electrons. The number of β-lactam (4-membered cyclic amide) rings is 1. The number of hydrogen-bond acceptors (Lipinski definition) is 11. The van der Waals surface area contributed by atoms with Crippen molar-refractivity contribution in [3.05, 3.63) is 40.4 Å². The van der Waals surface area contributed by atoms with E-state index in [9.17, 15) is 34.0 Å². The van der Waals surface area contributed by atoms with E-state index in [2.05, 4.69) is 5.32 Å². The minimum Gasteiger partial charge on any atom is -0.477 e. The number of ether oxygens (including phenoxy) is 2. The summed E-state index contributed by atoms with van der Waals surface area (Å²) < 4.78 is 11.0. The van der Waals surface area contributed by atoms with Crippen molar-refractivity contribution in [1.82, 2.24) is 15.1 Å². The van der Waals surface area contributed by atoms with Crippen molar-refractivity contribution in [1.29, 1.82) is 0 Å². The minimum absolute atomic E-state index is 0.0612. The van der Waals surface area contributed by atoms with E-state index in [0.29, 0.717) is 48.3 Å². The van der Waals surface area contributed by atoms with Gasteiger partial charge in [0.25, 0.3) is 11.6 Å². The zero-order valence-electron chi connectivity index (χ0n) is 23.7. The van der Waals surface area contributed by atoms with Crippen molar-refractivity contribution in [2.75, 3.05) is 57.8 Å². The molecule has 2 N–H and O–H groups in total. The molecule has 4 rings (SSSR count). The zero-order valence-corrected chi connectivity index (χ0v) is 26.1. The Hall–Kier alpha value is -2.92. The Morgan fingerprint density at radius 2 is 1.88 bits per heavy atom. The first-order valence-corrected chi connectivity index (χ1v) is 16.6. The normalized spacial score (nSPS) is 21.6. The van der Waals surface area contributed by atoms with Crippen molar-refractivity contribution >= 4 is 70.6 Å². The van der Waals surface area contributed by atoms with E-state index in [1.54, 1.807) is 31.4 Å². The van der Waals surface area contributed by atoms with Crippen molar-refractivity contribution in [2.24, 2.45) is 0 Å². The highest BCUT2D eigenvalue weighted by Gasteiger charge is 2.54. The smallest absolute Gasteiger partial charge is 0.352 e. The summed E-state index contributed by atoms with van der Waals surface area (Å²) in [5, 5.41) is 11.5. The maximum absolute atomic E-state index is 13.0. The fraction of sp³-hybridized carbons (Fsp3) is 0.519. The first-order valence-electron chi connectivity index (χ1n) is 13.5. The van der Waals surface area contributed by atoms with Crippen LogP contribution in [0.5, 0.6) is 0 Å². The predicted molar refractivity (Wildman–Crippen MR) is 161 cm³/mol. The van der Waals surface area contributed by atoms with Crippen LogP contribution in [0.15, 0.2) is 40.4 Å². The van der Waals surface area contributed by atoms with Crippen LogP contribution in [0.1, 0.15) is 12.8 Å². The van der Waals surface area contributed by atoms with Gasteiger partial charge in [-0.05, 0) is 17.7 Å². The average molecular weight is 654 g/mol. The zero-order chi connectivity index (χ0) is 31.1. The summed E-state index contributed by atoms with van der Waals surface area (Å²) >= 11 is 4.10. The second kappa shape index (κ2) is 15.2. The Morgan fingerprint density at radius 1 is 1.14 bits per heavy atom. The third-order valence-corrected chi connectivity index (χ3v) is 10.5. The fourth-order valence-corrected chi connectivity index (χ4v) is 8.10. The standard InChI is InChI=1S/C27H32N4O9S3/c1-29(38)17-3-5-18(6-4-17)42-14-16-15-43-26-22(25(35)31(26)23(16)27(36)37)28-20(32)7-8-30-21(33)13-19(24(30)34)41-12-11-40-10-9-39-2/h3-6,19,22,26H,7-15H2,1-2H3,(H-,28,32,36,37)/p+1. The lowest BCUT2D eigenvalue weighted by Crippen LogP contribution is -2.70. The summed E-state index contributed by atoms with van der Waals surface area (Å²) in [7, 11) is 2.98. The number of amides is 4. The predicted octanol–water partition coefficient (Wildman–Crippen LogP) is 1.47. The maximum Gasteiger partial charge on any atom is 0.352 e. The number of benzene rings is 1. The van der Waals surface area contributed by atoms with E-state index in [-0.39, 0.29) is 36.9 Å². The lowest BCUT2D eigenvalue weighted by atomic mass is 10.0. The number of imide groups is 1. The van der Waals surface area contributed by atoms with Gasteiger partial charge in [-0.2, -0.15) is 0 Å². The first-order chi connectivity index (χ1) is 20.6. The molecule has 3 aliphatic rings. The van der Waals surface area contributed by atoms with Gasteiger partial charge in [0.05, 0.1) is 25.1 Å². The van der Waals surface area contributed by atoms with Gasteiger partial charge in [0.15, 0.2) is 7.05 Å². The molecule has 0 saturated carbocycles. The van der Waals surface area contributed by atoms with Crippen LogP contribution in [0.4, 0.5) is 5.69 Å². The highest BCUT2D eigenvalue weighted by Crippen LogP contribution is 2.41. The van der Waals surface area contributed by atoms with E-state index >= 15 is 0 Å². The lowest BCUT2D eigenvalue weighted by molar-refractivity contribution is -0.428. The Labute approximate surface area is 261 Å². The Balaban J connectivity index is 1.26. The number of carboxylic acid groups (broad SMARTS) is 1. The molecule has 1 aromatic carbocycles. The van der Waals surface area contributed by atoms with Gasteiger partial charge in [-0.3, -0.25) is 29.0 Å². The van der Waals surface area contributed by atoms with Crippen LogP contribution in [0.25, 0.3) is 0 Å². The number of nitrogens with zero attached hydrogens (tertiary/aromatic N) is 3. The van der Waals surface area contributed by atoms with E-state index in [1.807, 2.05) is 0 Å². The van der Waals surface area contributed by atoms with Crippen molar-refractivity contribution < 1.29 is 43.3 Å². The largest absolute Gasteiger partial charge is 0.477 e. The summed E-state index contributed by atoms with van der Waals surface area (Å²) in [5.74, 6) is -1.69. The monoisotopic (exact) mass is 653 g/mol. The third kappa shape index (κ3) is 7.98. The second-order valence-corrected chi connectivity index (χ2v) is 13.3. The van der Waals surface area contributed by atoms with Gasteiger partial charge < -0.3 is 19.9 Å². The van der Waals surface area contributed by atoms with Gasteiger partial charge in [0, 0.05) is 70.5 Å². The third-order valence-electron chi connectivity index (χ3n) is 6.92. The van der Waals surface area contributed by atoms with Crippen LogP contribution in [0.3, 0.4) is 0 Å². The molecule has 0 spiro atoms. The number of thioether (sulfide) groups is 3. The van der Waals surface area contributed by atoms with E-state index in [4.69, 9.17) is 9.47 Å². The average Bonchev–Trinajstić information content (AvgIpc) is 3.26. The van der Waals surface area contributed by atoms with E-state index in [0.717, 1.165) is 14.6 Å².